The van der Waals surface area contributed by atoms with Gasteiger partial charge in [-0.15, -0.1) is 0 Å². The number of hydroxylamine groups is 2. The Morgan fingerprint density at radius 2 is 0.967 bits per heavy atom. The minimum atomic E-state index is -1.02. The van der Waals surface area contributed by atoms with Gasteiger partial charge >= 0.3 is 0 Å². The number of rotatable bonds is 6. The van der Waals surface area contributed by atoms with Crippen LogP contribution in [0.5, 0.6) is 0 Å². The largest absolute Gasteiger partial charge is 0.373 e. The molecule has 30 heavy (non-hydrogen) atoms. The molecule has 0 fully saturated rings. The number of hydrogen-bond acceptors (Lipinski definition) is 6. The Balaban J connectivity index is 1.69. The zero-order valence-corrected chi connectivity index (χ0v) is 16.5. The van der Waals surface area contributed by atoms with Crippen molar-refractivity contribution in [1.29, 1.82) is 0 Å². The number of halogens is 2. The van der Waals surface area contributed by atoms with E-state index in [9.17, 15) is 19.2 Å². The second kappa shape index (κ2) is 9.25. The fourth-order valence-corrected chi connectivity index (χ4v) is 2.70. The molecule has 0 bridgehead atoms. The average Bonchev–Trinajstić information content (AvgIpc) is 2.78. The Morgan fingerprint density at radius 1 is 0.633 bits per heavy atom. The molecule has 0 aliphatic heterocycles. The molecule has 0 saturated carbocycles. The first kappa shape index (κ1) is 21.1. The second-order valence-corrected chi connectivity index (χ2v) is 6.50. The van der Waals surface area contributed by atoms with Gasteiger partial charge < -0.3 is 9.68 Å². The van der Waals surface area contributed by atoms with Gasteiger partial charge in [-0.25, -0.2) is 0 Å². The highest BCUT2D eigenvalue weighted by Gasteiger charge is 2.38. The molecule has 0 aromatic heterocycles. The van der Waals surface area contributed by atoms with E-state index in [0.29, 0.717) is 0 Å². The first-order valence-electron chi connectivity index (χ1n) is 8.33. The third-order valence-corrected chi connectivity index (χ3v) is 4.46. The lowest BCUT2D eigenvalue weighted by Gasteiger charge is -2.18. The van der Waals surface area contributed by atoms with E-state index in [1.165, 1.54) is 24.3 Å². The van der Waals surface area contributed by atoms with Crippen molar-refractivity contribution in [2.45, 2.75) is 0 Å². The zero-order valence-electron chi connectivity index (χ0n) is 15.0. The topological polar surface area (TPSA) is 111 Å². The van der Waals surface area contributed by atoms with Gasteiger partial charge in [0.2, 0.25) is 23.1 Å². The Bertz CT molecular complexity index is 993. The molecule has 0 spiro atoms. The molecule has 2 aromatic carbocycles. The Hall–Kier alpha value is -3.62. The van der Waals surface area contributed by atoms with Crippen LogP contribution in [0.4, 0.5) is 0 Å². The van der Waals surface area contributed by atoms with Crippen LogP contribution in [-0.2, 0) is 19.3 Å². The summed E-state index contributed by atoms with van der Waals surface area (Å²) in [5.41, 5.74) is 4.52. The van der Waals surface area contributed by atoms with Crippen LogP contribution in [-0.4, -0.2) is 23.4 Å². The van der Waals surface area contributed by atoms with Crippen LogP contribution in [0.15, 0.2) is 82.2 Å². The fraction of sp³-hybridized carbons (Fsp3) is 0. The highest BCUT2D eigenvalue weighted by molar-refractivity contribution is 6.55. The van der Waals surface area contributed by atoms with Crippen LogP contribution in [0.25, 0.3) is 0 Å². The van der Waals surface area contributed by atoms with E-state index in [4.69, 9.17) is 32.9 Å². The Labute approximate surface area is 180 Å². The van der Waals surface area contributed by atoms with Crippen molar-refractivity contribution < 1.29 is 28.9 Å². The second-order valence-electron chi connectivity index (χ2n) is 5.74. The lowest BCUT2D eigenvalue weighted by molar-refractivity contribution is -0.121. The van der Waals surface area contributed by atoms with Crippen molar-refractivity contribution in [2.75, 3.05) is 0 Å². The lowest BCUT2D eigenvalue weighted by Crippen LogP contribution is -2.32. The van der Waals surface area contributed by atoms with Crippen LogP contribution in [0, 0.1) is 0 Å². The maximum Gasteiger partial charge on any atom is 0.283 e. The highest BCUT2D eigenvalue weighted by Crippen LogP contribution is 2.30. The quantitative estimate of drug-likeness (QED) is 0.521. The number of hydrogen-bond donors (Lipinski definition) is 2. The van der Waals surface area contributed by atoms with Crippen LogP contribution in [0.1, 0.15) is 20.7 Å². The fourth-order valence-electron chi connectivity index (χ4n) is 2.28. The van der Waals surface area contributed by atoms with Crippen molar-refractivity contribution in [3.63, 3.8) is 0 Å². The maximum atomic E-state index is 12.4. The lowest BCUT2D eigenvalue weighted by atomic mass is 10.1. The third kappa shape index (κ3) is 4.51. The minimum absolute atomic E-state index is 0.248. The summed E-state index contributed by atoms with van der Waals surface area (Å²) < 4.78 is 0. The summed E-state index contributed by atoms with van der Waals surface area (Å²) in [6, 6.07) is 16.0. The molecule has 3 rings (SSSR count). The zero-order chi connectivity index (χ0) is 21.7. The first-order valence-corrected chi connectivity index (χ1v) is 9.09. The standard InChI is InChI=1S/C20H12Cl2N2O6/c21-13-16(26)18(30-24-20(28)12-9-5-2-6-10-12)14(22)15(25)17(13)29-23-19(27)11-7-3-1-4-8-11/h1-10H,(H,23,27)(H,24,28). The number of allylic oxidation sites excluding steroid dienone is 2. The van der Waals surface area contributed by atoms with Gasteiger partial charge in [-0.1, -0.05) is 59.6 Å². The molecule has 10 heteroatoms. The van der Waals surface area contributed by atoms with E-state index >= 15 is 0 Å². The summed E-state index contributed by atoms with van der Waals surface area (Å²) in [6.45, 7) is 0. The Morgan fingerprint density at radius 3 is 1.30 bits per heavy atom. The van der Waals surface area contributed by atoms with E-state index in [-0.39, 0.29) is 11.1 Å². The number of carbonyl (C=O) groups excluding carboxylic acids is 4. The molecule has 0 heterocycles. The monoisotopic (exact) mass is 446 g/mol. The number of carbonyl (C=O) groups is 4. The summed E-state index contributed by atoms with van der Waals surface area (Å²) >= 11 is 11.8. The van der Waals surface area contributed by atoms with Gasteiger partial charge in [-0.3, -0.25) is 19.2 Å². The van der Waals surface area contributed by atoms with Gasteiger partial charge in [0.25, 0.3) is 11.8 Å². The molecule has 0 unspecified atom stereocenters. The van der Waals surface area contributed by atoms with Gasteiger partial charge in [-0.2, -0.15) is 11.0 Å². The van der Waals surface area contributed by atoms with E-state index in [1.807, 2.05) is 11.0 Å². The summed E-state index contributed by atoms with van der Waals surface area (Å²) in [7, 11) is 0. The molecule has 0 atom stereocenters. The van der Waals surface area contributed by atoms with Crippen molar-refractivity contribution in [3.8, 4) is 0 Å². The van der Waals surface area contributed by atoms with Crippen molar-refractivity contribution in [3.05, 3.63) is 93.4 Å². The van der Waals surface area contributed by atoms with Gasteiger partial charge in [0.15, 0.2) is 0 Å². The van der Waals surface area contributed by atoms with Crippen LogP contribution in [0.2, 0.25) is 0 Å². The molecule has 1 aliphatic rings. The van der Waals surface area contributed by atoms with E-state index in [0.717, 1.165) is 0 Å². The SMILES string of the molecule is O=C1C(Cl)=C(ONC(=O)c2ccccc2)C(=O)C(Cl)=C1ONC(=O)c1ccccc1. The summed E-state index contributed by atoms with van der Waals surface area (Å²) in [4.78, 5) is 58.7. The Kier molecular flexibility index (Phi) is 6.51. The molecule has 8 nitrogen and oxygen atoms in total. The predicted octanol–water partition coefficient (Wildman–Crippen LogP) is 2.76. The molecular weight excluding hydrogens is 435 g/mol. The van der Waals surface area contributed by atoms with Gasteiger partial charge in [0, 0.05) is 11.1 Å². The molecule has 0 saturated heterocycles. The summed E-state index contributed by atoms with van der Waals surface area (Å²) in [6.07, 6.45) is 0. The molecular formula is C20H12Cl2N2O6. The molecule has 1 aliphatic carbocycles. The normalized spacial score (nSPS) is 13.8. The summed E-state index contributed by atoms with van der Waals surface area (Å²) in [5, 5.41) is -1.36. The number of ketones is 2. The number of benzene rings is 2. The van der Waals surface area contributed by atoms with Crippen molar-refractivity contribution >= 4 is 46.6 Å². The molecule has 2 N–H and O–H groups in total. The van der Waals surface area contributed by atoms with E-state index in [1.54, 1.807) is 36.4 Å². The third-order valence-electron chi connectivity index (χ3n) is 3.77. The van der Waals surface area contributed by atoms with Gasteiger partial charge in [-0.05, 0) is 24.3 Å². The van der Waals surface area contributed by atoms with E-state index < -0.39 is 45.0 Å². The van der Waals surface area contributed by atoms with Crippen LogP contribution in [0.3, 0.4) is 0 Å². The predicted molar refractivity (Wildman–Crippen MR) is 106 cm³/mol. The number of Topliss-reactive ketones (excluding diaryl/α,β-unsaturated/α-hetero) is 2. The molecule has 2 amide bonds. The molecule has 0 radical (unpaired) electrons. The first-order chi connectivity index (χ1) is 14.4. The van der Waals surface area contributed by atoms with Crippen molar-refractivity contribution in [1.82, 2.24) is 11.0 Å². The van der Waals surface area contributed by atoms with Gasteiger partial charge in [0.1, 0.15) is 10.1 Å². The maximum absolute atomic E-state index is 12.4. The number of nitrogens with one attached hydrogen (secondary N) is 2. The van der Waals surface area contributed by atoms with Gasteiger partial charge in [0.05, 0.1) is 0 Å². The molecule has 2 aromatic rings. The van der Waals surface area contributed by atoms with Crippen LogP contribution < -0.4 is 11.0 Å². The smallest absolute Gasteiger partial charge is 0.283 e. The molecule has 152 valence electrons. The average molecular weight is 447 g/mol. The van der Waals surface area contributed by atoms with Crippen LogP contribution >= 0.6 is 23.2 Å². The van der Waals surface area contributed by atoms with E-state index in [2.05, 4.69) is 0 Å². The minimum Gasteiger partial charge on any atom is -0.373 e. The summed E-state index contributed by atoms with van der Waals surface area (Å²) in [5.74, 6) is -4.75. The number of amides is 2. The van der Waals surface area contributed by atoms with Crippen molar-refractivity contribution in [2.24, 2.45) is 0 Å². The highest BCUT2D eigenvalue weighted by atomic mass is 35.5.